The van der Waals surface area contributed by atoms with E-state index in [9.17, 15) is 10.2 Å². The van der Waals surface area contributed by atoms with Crippen LogP contribution >= 0.6 is 0 Å². The summed E-state index contributed by atoms with van der Waals surface area (Å²) in [4.78, 5) is 0. The molecule has 2 aromatic rings. The van der Waals surface area contributed by atoms with E-state index < -0.39 is 0 Å². The Kier molecular flexibility index (Phi) is 5.72. The van der Waals surface area contributed by atoms with Crippen molar-refractivity contribution >= 4 is 21.7 Å². The first-order valence-corrected chi connectivity index (χ1v) is 12.1. The van der Waals surface area contributed by atoms with Crippen molar-refractivity contribution in [1.82, 2.24) is 0 Å². The summed E-state index contributed by atoms with van der Waals surface area (Å²) in [5.74, 6) is 1.00. The second-order valence-corrected chi connectivity index (χ2v) is 9.54. The maximum absolute atomic E-state index is 9.46. The minimum Gasteiger partial charge on any atom is -0.396 e. The Morgan fingerprint density at radius 1 is 0.667 bits per heavy atom. The van der Waals surface area contributed by atoms with E-state index >= 15 is 0 Å². The van der Waals surface area contributed by atoms with Crippen LogP contribution < -0.4 is 0 Å². The molecular weight excluding hydrogens is 348 g/mol. The molecule has 2 unspecified atom stereocenters. The van der Waals surface area contributed by atoms with Crippen LogP contribution in [0.3, 0.4) is 0 Å². The first kappa shape index (κ1) is 18.4. The predicted octanol–water partition coefficient (Wildman–Crippen LogP) is 4.12. The third-order valence-electron chi connectivity index (χ3n) is 6.11. The van der Waals surface area contributed by atoms with Crippen LogP contribution in [0, 0.1) is 0 Å². The lowest BCUT2D eigenvalue weighted by Crippen LogP contribution is -2.09. The molecule has 0 spiro atoms. The van der Waals surface area contributed by atoms with Crippen LogP contribution in [0.1, 0.15) is 46.9 Å². The molecule has 0 aliphatic heterocycles. The Morgan fingerprint density at radius 3 is 1.56 bits per heavy atom. The lowest BCUT2D eigenvalue weighted by molar-refractivity contribution is 0.297. The Balaban J connectivity index is 1.46. The second-order valence-electron chi connectivity index (χ2n) is 7.68. The van der Waals surface area contributed by atoms with Crippen LogP contribution in [0.4, 0.5) is 0 Å². The van der Waals surface area contributed by atoms with Gasteiger partial charge in [-0.15, -0.1) is 0 Å². The zero-order chi connectivity index (χ0) is 18.6. The summed E-state index contributed by atoms with van der Waals surface area (Å²) in [7, 11) is -0.269. The number of aliphatic hydroxyl groups is 2. The molecule has 0 aromatic heterocycles. The molecule has 0 saturated heterocycles. The third-order valence-corrected chi connectivity index (χ3v) is 8.08. The van der Waals surface area contributed by atoms with Crippen LogP contribution in [0.25, 0.3) is 12.2 Å². The van der Waals surface area contributed by atoms with Gasteiger partial charge >= 0.3 is 0 Å². The van der Waals surface area contributed by atoms with E-state index in [1.54, 1.807) is 0 Å². The Bertz CT molecular complexity index is 797. The summed E-state index contributed by atoms with van der Waals surface area (Å²) >= 11 is 0. The van der Waals surface area contributed by atoms with Gasteiger partial charge in [0.25, 0.3) is 0 Å². The van der Waals surface area contributed by atoms with E-state index in [2.05, 4.69) is 60.7 Å². The zero-order valence-electron chi connectivity index (χ0n) is 15.8. The topological polar surface area (TPSA) is 40.5 Å². The quantitative estimate of drug-likeness (QED) is 0.681. The highest BCUT2D eigenvalue weighted by Crippen LogP contribution is 2.43. The normalized spacial score (nSPS) is 20.7. The van der Waals surface area contributed by atoms with Crippen molar-refractivity contribution in [3.63, 3.8) is 0 Å². The number of hydrogen-bond donors (Lipinski definition) is 2. The van der Waals surface area contributed by atoms with Gasteiger partial charge in [-0.3, -0.25) is 0 Å². The van der Waals surface area contributed by atoms with Gasteiger partial charge in [0, 0.05) is 34.6 Å². The molecular formula is C24H28O2Si. The summed E-state index contributed by atoms with van der Waals surface area (Å²) in [5.41, 5.74) is 8.39. The van der Waals surface area contributed by atoms with Gasteiger partial charge < -0.3 is 10.2 Å². The molecule has 2 nitrogen and oxygen atoms in total. The molecule has 2 aromatic carbocycles. The first-order chi connectivity index (χ1) is 13.3. The van der Waals surface area contributed by atoms with E-state index in [0.29, 0.717) is 11.8 Å². The molecule has 2 atom stereocenters. The lowest BCUT2D eigenvalue weighted by atomic mass is 9.96. The summed E-state index contributed by atoms with van der Waals surface area (Å²) in [6.07, 6.45) is 6.17. The SMILES string of the molecule is OCCC1=Cc2ccccc2C1C[SiH2]CC1C(CCO)=Cc2ccccc21. The van der Waals surface area contributed by atoms with Gasteiger partial charge in [0.05, 0.1) is 0 Å². The number of rotatable bonds is 8. The van der Waals surface area contributed by atoms with E-state index in [-0.39, 0.29) is 22.7 Å². The van der Waals surface area contributed by atoms with Gasteiger partial charge in [-0.25, -0.2) is 0 Å². The molecule has 2 aliphatic rings. The fraction of sp³-hybridized carbons (Fsp3) is 0.333. The Labute approximate surface area is 164 Å². The van der Waals surface area contributed by atoms with Crippen molar-refractivity contribution in [2.75, 3.05) is 13.2 Å². The van der Waals surface area contributed by atoms with Crippen molar-refractivity contribution in [2.45, 2.75) is 36.8 Å². The van der Waals surface area contributed by atoms with Crippen LogP contribution in [0.5, 0.6) is 0 Å². The van der Waals surface area contributed by atoms with Gasteiger partial charge in [0.2, 0.25) is 0 Å². The smallest absolute Gasteiger partial charge is 0.0468 e. The van der Waals surface area contributed by atoms with Gasteiger partial charge in [-0.1, -0.05) is 83.9 Å². The van der Waals surface area contributed by atoms with E-state index in [4.69, 9.17) is 0 Å². The number of benzene rings is 2. The first-order valence-electron chi connectivity index (χ1n) is 10.1. The molecule has 0 radical (unpaired) electrons. The van der Waals surface area contributed by atoms with Crippen molar-refractivity contribution in [3.05, 3.63) is 81.9 Å². The molecule has 140 valence electrons. The number of fused-ring (bicyclic) bond motifs is 2. The van der Waals surface area contributed by atoms with Crippen LogP contribution in [-0.2, 0) is 0 Å². The van der Waals surface area contributed by atoms with Crippen molar-refractivity contribution in [2.24, 2.45) is 0 Å². The molecule has 4 rings (SSSR count). The van der Waals surface area contributed by atoms with Crippen molar-refractivity contribution in [1.29, 1.82) is 0 Å². The monoisotopic (exact) mass is 376 g/mol. The largest absolute Gasteiger partial charge is 0.396 e. The lowest BCUT2D eigenvalue weighted by Gasteiger charge is -2.20. The average Bonchev–Trinajstić information content (AvgIpc) is 3.21. The Hall–Kier alpha value is -1.94. The highest BCUT2D eigenvalue weighted by atomic mass is 28.2. The molecule has 0 heterocycles. The molecule has 0 fully saturated rings. The second kappa shape index (κ2) is 8.38. The molecule has 0 amide bonds. The summed E-state index contributed by atoms with van der Waals surface area (Å²) in [6.45, 7) is 0.467. The maximum Gasteiger partial charge on any atom is 0.0468 e. The van der Waals surface area contributed by atoms with Crippen LogP contribution in [0.15, 0.2) is 59.7 Å². The van der Waals surface area contributed by atoms with Crippen molar-refractivity contribution in [3.8, 4) is 0 Å². The highest BCUT2D eigenvalue weighted by Gasteiger charge is 2.27. The maximum atomic E-state index is 9.46. The molecule has 2 N–H and O–H groups in total. The number of aliphatic hydroxyl groups excluding tert-OH is 2. The zero-order valence-corrected chi connectivity index (χ0v) is 17.2. The summed E-state index contributed by atoms with van der Waals surface area (Å²) < 4.78 is 0. The summed E-state index contributed by atoms with van der Waals surface area (Å²) in [5, 5.41) is 18.9. The van der Waals surface area contributed by atoms with Gasteiger partial charge in [0.15, 0.2) is 0 Å². The minimum atomic E-state index is -0.269. The van der Waals surface area contributed by atoms with E-state index in [0.717, 1.165) is 12.8 Å². The highest BCUT2D eigenvalue weighted by molar-refractivity contribution is 6.36. The fourth-order valence-electron chi connectivity index (χ4n) is 4.88. The molecule has 3 heteroatoms. The third kappa shape index (κ3) is 3.72. The molecule has 27 heavy (non-hydrogen) atoms. The number of hydrogen-bond acceptors (Lipinski definition) is 2. The van der Waals surface area contributed by atoms with Crippen LogP contribution in [-0.4, -0.2) is 32.9 Å². The molecule has 0 bridgehead atoms. The summed E-state index contributed by atoms with van der Waals surface area (Å²) in [6, 6.07) is 19.9. The van der Waals surface area contributed by atoms with E-state index in [1.165, 1.54) is 45.5 Å². The van der Waals surface area contributed by atoms with E-state index in [1.807, 2.05) is 0 Å². The predicted molar refractivity (Wildman–Crippen MR) is 116 cm³/mol. The van der Waals surface area contributed by atoms with Crippen LogP contribution in [0.2, 0.25) is 12.1 Å². The Morgan fingerprint density at radius 2 is 1.11 bits per heavy atom. The molecule has 2 aliphatic carbocycles. The standard InChI is InChI=1S/C24H28O2Si/c25-11-9-19-13-17-5-1-3-7-21(17)23(19)15-27-16-24-20(10-12-26)14-18-6-2-4-8-22(18)24/h1-8,13-14,23-26H,9-12,15-16,27H2. The van der Waals surface area contributed by atoms with Gasteiger partial charge in [-0.2, -0.15) is 0 Å². The van der Waals surface area contributed by atoms with Crippen molar-refractivity contribution < 1.29 is 10.2 Å². The minimum absolute atomic E-state index is 0.233. The molecule has 0 saturated carbocycles. The average molecular weight is 377 g/mol. The van der Waals surface area contributed by atoms with Gasteiger partial charge in [-0.05, 0) is 35.1 Å². The fourth-order valence-corrected chi connectivity index (χ4v) is 7.29. The van der Waals surface area contributed by atoms with Gasteiger partial charge in [0.1, 0.15) is 0 Å².